The second kappa shape index (κ2) is 4.88. The predicted molar refractivity (Wildman–Crippen MR) is 59.5 cm³/mol. The molecular weight excluding hydrogens is 222 g/mol. The highest BCUT2D eigenvalue weighted by molar-refractivity contribution is 5.92. The summed E-state index contributed by atoms with van der Waals surface area (Å²) >= 11 is 0. The van der Waals surface area contributed by atoms with Crippen molar-refractivity contribution in [1.82, 2.24) is 20.8 Å². The third-order valence-corrected chi connectivity index (χ3v) is 1.92. The number of aromatic nitrogens is 3. The highest BCUT2D eigenvalue weighted by Gasteiger charge is 2.05. The van der Waals surface area contributed by atoms with Gasteiger partial charge in [-0.05, 0) is 29.8 Å². The molecule has 1 aromatic carbocycles. The first-order chi connectivity index (χ1) is 8.25. The number of rotatable bonds is 3. The molecule has 2 rings (SSSR count). The SMILES string of the molecule is O=C(NN=Cc1ccc(O)cc1)c1c[nH]nn1. The van der Waals surface area contributed by atoms with Crippen molar-refractivity contribution in [1.29, 1.82) is 0 Å². The second-order valence-corrected chi connectivity index (χ2v) is 3.15. The molecule has 1 aromatic heterocycles. The Morgan fingerprint density at radius 2 is 2.18 bits per heavy atom. The van der Waals surface area contributed by atoms with Crippen LogP contribution in [-0.4, -0.2) is 32.6 Å². The van der Waals surface area contributed by atoms with Crippen LogP contribution < -0.4 is 5.43 Å². The molecule has 86 valence electrons. The highest BCUT2D eigenvalue weighted by Crippen LogP contribution is 2.07. The second-order valence-electron chi connectivity index (χ2n) is 3.15. The number of H-pyrrole nitrogens is 1. The minimum absolute atomic E-state index is 0.160. The minimum Gasteiger partial charge on any atom is -0.508 e. The molecule has 1 heterocycles. The molecule has 0 fully saturated rings. The number of benzene rings is 1. The van der Waals surface area contributed by atoms with Crippen LogP contribution in [0, 0.1) is 0 Å². The molecule has 0 bridgehead atoms. The van der Waals surface area contributed by atoms with Gasteiger partial charge in [0, 0.05) is 0 Å². The molecule has 1 amide bonds. The zero-order chi connectivity index (χ0) is 12.1. The van der Waals surface area contributed by atoms with E-state index in [1.54, 1.807) is 12.1 Å². The fourth-order valence-corrected chi connectivity index (χ4v) is 1.10. The Labute approximate surface area is 96.2 Å². The Bertz CT molecular complexity index is 518. The van der Waals surface area contributed by atoms with Gasteiger partial charge in [-0.3, -0.25) is 9.89 Å². The number of nitrogens with zero attached hydrogens (tertiary/aromatic N) is 3. The summed E-state index contributed by atoms with van der Waals surface area (Å²) in [5.41, 5.74) is 3.21. The molecular formula is C10H9N5O2. The molecule has 0 saturated heterocycles. The molecule has 0 aliphatic rings. The summed E-state index contributed by atoms with van der Waals surface area (Å²) in [7, 11) is 0. The maximum Gasteiger partial charge on any atom is 0.293 e. The summed E-state index contributed by atoms with van der Waals surface area (Å²) < 4.78 is 0. The first kappa shape index (κ1) is 10.8. The molecule has 0 unspecified atom stereocenters. The zero-order valence-corrected chi connectivity index (χ0v) is 8.66. The number of phenols is 1. The van der Waals surface area contributed by atoms with Gasteiger partial charge in [-0.15, -0.1) is 5.10 Å². The summed E-state index contributed by atoms with van der Waals surface area (Å²) in [5.74, 6) is -0.275. The molecule has 0 aliphatic heterocycles. The molecule has 0 atom stereocenters. The van der Waals surface area contributed by atoms with Gasteiger partial charge in [0.05, 0.1) is 12.4 Å². The Hall–Kier alpha value is -2.70. The summed E-state index contributed by atoms with van der Waals surface area (Å²) in [5, 5.41) is 22.2. The van der Waals surface area contributed by atoms with Crippen LogP contribution in [0.2, 0.25) is 0 Å². The van der Waals surface area contributed by atoms with Crippen LogP contribution in [0.25, 0.3) is 0 Å². The van der Waals surface area contributed by atoms with Gasteiger partial charge in [0.15, 0.2) is 5.69 Å². The number of aromatic hydroxyl groups is 1. The lowest BCUT2D eigenvalue weighted by Crippen LogP contribution is -2.17. The zero-order valence-electron chi connectivity index (χ0n) is 8.66. The van der Waals surface area contributed by atoms with Crippen LogP contribution in [-0.2, 0) is 0 Å². The summed E-state index contributed by atoms with van der Waals surface area (Å²) in [4.78, 5) is 11.4. The van der Waals surface area contributed by atoms with Gasteiger partial charge in [0.25, 0.3) is 5.91 Å². The Balaban J connectivity index is 1.94. The highest BCUT2D eigenvalue weighted by atomic mass is 16.3. The number of aromatic amines is 1. The molecule has 2 aromatic rings. The molecule has 0 saturated carbocycles. The van der Waals surface area contributed by atoms with E-state index in [0.717, 1.165) is 5.56 Å². The van der Waals surface area contributed by atoms with Gasteiger partial charge >= 0.3 is 0 Å². The lowest BCUT2D eigenvalue weighted by molar-refractivity contribution is 0.0950. The molecule has 3 N–H and O–H groups in total. The summed E-state index contributed by atoms with van der Waals surface area (Å²) in [6, 6.07) is 6.39. The van der Waals surface area contributed by atoms with Gasteiger partial charge in [0.2, 0.25) is 0 Å². The van der Waals surface area contributed by atoms with E-state index in [2.05, 4.69) is 25.9 Å². The lowest BCUT2D eigenvalue weighted by Gasteiger charge is -1.95. The number of amides is 1. The minimum atomic E-state index is -0.450. The third-order valence-electron chi connectivity index (χ3n) is 1.92. The van der Waals surface area contributed by atoms with Gasteiger partial charge in [-0.2, -0.15) is 5.10 Å². The fraction of sp³-hybridized carbons (Fsp3) is 0. The van der Waals surface area contributed by atoms with E-state index in [1.165, 1.54) is 24.5 Å². The van der Waals surface area contributed by atoms with Crippen molar-refractivity contribution in [3.05, 3.63) is 41.7 Å². The largest absolute Gasteiger partial charge is 0.508 e. The van der Waals surface area contributed by atoms with E-state index in [4.69, 9.17) is 5.11 Å². The molecule has 7 heteroatoms. The van der Waals surface area contributed by atoms with Crippen LogP contribution in [0.1, 0.15) is 16.1 Å². The number of hydrogen-bond acceptors (Lipinski definition) is 5. The van der Waals surface area contributed by atoms with Gasteiger partial charge in [-0.25, -0.2) is 5.43 Å². The average Bonchev–Trinajstić information content (AvgIpc) is 2.85. The van der Waals surface area contributed by atoms with Crippen molar-refractivity contribution in [2.45, 2.75) is 0 Å². The number of phenolic OH excluding ortho intramolecular Hbond substituents is 1. The predicted octanol–water partition coefficient (Wildman–Crippen LogP) is 0.274. The van der Waals surface area contributed by atoms with E-state index in [-0.39, 0.29) is 11.4 Å². The van der Waals surface area contributed by atoms with E-state index in [9.17, 15) is 4.79 Å². The third kappa shape index (κ3) is 2.88. The first-order valence-electron chi connectivity index (χ1n) is 4.74. The smallest absolute Gasteiger partial charge is 0.293 e. The van der Waals surface area contributed by atoms with E-state index < -0.39 is 5.91 Å². The Kier molecular flexibility index (Phi) is 3.10. The number of carbonyl (C=O) groups is 1. The van der Waals surface area contributed by atoms with Crippen molar-refractivity contribution in [3.63, 3.8) is 0 Å². The van der Waals surface area contributed by atoms with Gasteiger partial charge < -0.3 is 5.11 Å². The van der Waals surface area contributed by atoms with E-state index in [1.807, 2.05) is 0 Å². The average molecular weight is 231 g/mol. The van der Waals surface area contributed by atoms with Crippen LogP contribution >= 0.6 is 0 Å². The van der Waals surface area contributed by atoms with Crippen molar-refractivity contribution in [3.8, 4) is 5.75 Å². The molecule has 17 heavy (non-hydrogen) atoms. The lowest BCUT2D eigenvalue weighted by atomic mass is 10.2. The maximum atomic E-state index is 11.4. The maximum absolute atomic E-state index is 11.4. The van der Waals surface area contributed by atoms with Crippen LogP contribution in [0.3, 0.4) is 0 Å². The standard InChI is InChI=1S/C10H9N5O2/c16-8-3-1-7(2-4-8)5-11-14-10(17)9-6-12-15-13-9/h1-6,16H,(H,14,17)(H,12,13,15). The fourth-order valence-electron chi connectivity index (χ4n) is 1.10. The van der Waals surface area contributed by atoms with Crippen LogP contribution in [0.5, 0.6) is 5.75 Å². The number of hydrogen-bond donors (Lipinski definition) is 3. The number of hydrazone groups is 1. The summed E-state index contributed by atoms with van der Waals surface area (Å²) in [6.07, 6.45) is 2.82. The molecule has 0 aliphatic carbocycles. The topological polar surface area (TPSA) is 103 Å². The molecule has 0 radical (unpaired) electrons. The number of nitrogens with one attached hydrogen (secondary N) is 2. The van der Waals surface area contributed by atoms with Crippen molar-refractivity contribution >= 4 is 12.1 Å². The van der Waals surface area contributed by atoms with Crippen LogP contribution in [0.4, 0.5) is 0 Å². The van der Waals surface area contributed by atoms with E-state index >= 15 is 0 Å². The normalized spacial score (nSPS) is 10.6. The van der Waals surface area contributed by atoms with Crippen molar-refractivity contribution in [2.24, 2.45) is 5.10 Å². The van der Waals surface area contributed by atoms with Crippen molar-refractivity contribution < 1.29 is 9.90 Å². The first-order valence-corrected chi connectivity index (χ1v) is 4.74. The summed E-state index contributed by atoms with van der Waals surface area (Å²) in [6.45, 7) is 0. The van der Waals surface area contributed by atoms with E-state index in [0.29, 0.717) is 0 Å². The van der Waals surface area contributed by atoms with Gasteiger partial charge in [0.1, 0.15) is 5.75 Å². The van der Waals surface area contributed by atoms with Crippen LogP contribution in [0.15, 0.2) is 35.6 Å². The molecule has 0 spiro atoms. The van der Waals surface area contributed by atoms with Gasteiger partial charge in [-0.1, -0.05) is 5.21 Å². The number of carbonyl (C=O) groups excluding carboxylic acids is 1. The Morgan fingerprint density at radius 1 is 1.41 bits per heavy atom. The molecule has 7 nitrogen and oxygen atoms in total. The monoisotopic (exact) mass is 231 g/mol. The Morgan fingerprint density at radius 3 is 2.82 bits per heavy atom. The van der Waals surface area contributed by atoms with Crippen molar-refractivity contribution in [2.75, 3.05) is 0 Å². The quantitative estimate of drug-likeness (QED) is 0.521.